The van der Waals surface area contributed by atoms with Crippen LogP contribution in [0.25, 0.3) is 11.4 Å². The van der Waals surface area contributed by atoms with Gasteiger partial charge < -0.3 is 5.73 Å². The number of hydrogen-bond donors (Lipinski definition) is 2. The molecule has 0 unspecified atom stereocenters. The highest BCUT2D eigenvalue weighted by molar-refractivity contribution is 7.13. The van der Waals surface area contributed by atoms with Crippen LogP contribution in [0.3, 0.4) is 0 Å². The van der Waals surface area contributed by atoms with Crippen molar-refractivity contribution in [1.82, 2.24) is 20.2 Å². The van der Waals surface area contributed by atoms with E-state index in [2.05, 4.69) is 20.2 Å². The molecular formula is C12H9F2N5S. The number of nitrogens with one attached hydrogen (secondary N) is 1. The summed E-state index contributed by atoms with van der Waals surface area (Å²) in [7, 11) is 0. The number of nitrogens with zero attached hydrogens (tertiary/aromatic N) is 3. The average molecular weight is 293 g/mol. The Labute approximate surface area is 116 Å². The molecule has 102 valence electrons. The first kappa shape index (κ1) is 12.7. The molecule has 3 rings (SSSR count). The van der Waals surface area contributed by atoms with E-state index < -0.39 is 11.6 Å². The molecule has 0 atom stereocenters. The van der Waals surface area contributed by atoms with Crippen molar-refractivity contribution in [2.45, 2.75) is 6.42 Å². The fraction of sp³-hybridized carbons (Fsp3) is 0.0833. The van der Waals surface area contributed by atoms with E-state index in [-0.39, 0.29) is 11.4 Å². The van der Waals surface area contributed by atoms with Gasteiger partial charge >= 0.3 is 0 Å². The van der Waals surface area contributed by atoms with Gasteiger partial charge in [-0.15, -0.1) is 11.3 Å². The summed E-state index contributed by atoms with van der Waals surface area (Å²) >= 11 is 1.33. The van der Waals surface area contributed by atoms with Crippen LogP contribution < -0.4 is 5.73 Å². The molecule has 0 aliphatic heterocycles. The van der Waals surface area contributed by atoms with E-state index in [4.69, 9.17) is 5.73 Å². The molecule has 0 saturated carbocycles. The SMILES string of the molecule is Nc1nc(Cc2nc(-c3ccc(F)cc3F)n[nH]2)cs1. The monoisotopic (exact) mass is 293 g/mol. The van der Waals surface area contributed by atoms with Gasteiger partial charge in [-0.1, -0.05) is 0 Å². The number of aromatic nitrogens is 4. The van der Waals surface area contributed by atoms with Crippen LogP contribution in [0.2, 0.25) is 0 Å². The Balaban J connectivity index is 1.86. The van der Waals surface area contributed by atoms with Crippen molar-refractivity contribution < 1.29 is 8.78 Å². The highest BCUT2D eigenvalue weighted by atomic mass is 32.1. The summed E-state index contributed by atoms with van der Waals surface area (Å²) in [5.41, 5.74) is 6.44. The van der Waals surface area contributed by atoms with Crippen molar-refractivity contribution in [3.8, 4) is 11.4 Å². The largest absolute Gasteiger partial charge is 0.375 e. The van der Waals surface area contributed by atoms with Crippen LogP contribution in [0.15, 0.2) is 23.6 Å². The number of hydrogen-bond acceptors (Lipinski definition) is 5. The first-order valence-corrected chi connectivity index (χ1v) is 6.56. The molecule has 8 heteroatoms. The lowest BCUT2D eigenvalue weighted by Gasteiger charge is -1.97. The number of H-pyrrole nitrogens is 1. The van der Waals surface area contributed by atoms with Gasteiger partial charge in [0.05, 0.1) is 17.7 Å². The molecule has 20 heavy (non-hydrogen) atoms. The lowest BCUT2D eigenvalue weighted by atomic mass is 10.2. The van der Waals surface area contributed by atoms with Crippen molar-refractivity contribution in [2.75, 3.05) is 5.73 Å². The summed E-state index contributed by atoms with van der Waals surface area (Å²) in [5, 5.41) is 8.92. The molecule has 0 aliphatic carbocycles. The van der Waals surface area contributed by atoms with Crippen molar-refractivity contribution >= 4 is 16.5 Å². The van der Waals surface area contributed by atoms with Crippen LogP contribution in [0.5, 0.6) is 0 Å². The number of benzene rings is 1. The Morgan fingerprint density at radius 3 is 2.80 bits per heavy atom. The molecule has 0 saturated heterocycles. The van der Waals surface area contributed by atoms with E-state index in [1.807, 2.05) is 5.38 Å². The van der Waals surface area contributed by atoms with Crippen LogP contribution in [0, 0.1) is 11.6 Å². The van der Waals surface area contributed by atoms with E-state index in [1.165, 1.54) is 17.4 Å². The van der Waals surface area contributed by atoms with E-state index in [1.54, 1.807) is 0 Å². The van der Waals surface area contributed by atoms with E-state index in [0.717, 1.165) is 17.8 Å². The molecule has 3 N–H and O–H groups in total. The van der Waals surface area contributed by atoms with Crippen molar-refractivity contribution in [1.29, 1.82) is 0 Å². The first-order valence-electron chi connectivity index (χ1n) is 5.68. The summed E-state index contributed by atoms with van der Waals surface area (Å²) in [6.45, 7) is 0. The number of nitrogens with two attached hydrogens (primary N) is 1. The molecule has 0 bridgehead atoms. The van der Waals surface area contributed by atoms with Crippen molar-refractivity contribution in [2.24, 2.45) is 0 Å². The maximum Gasteiger partial charge on any atom is 0.184 e. The molecule has 0 radical (unpaired) electrons. The number of thiazole rings is 1. The van der Waals surface area contributed by atoms with Crippen LogP contribution in [0.4, 0.5) is 13.9 Å². The van der Waals surface area contributed by atoms with E-state index in [0.29, 0.717) is 17.4 Å². The Hall–Kier alpha value is -2.35. The summed E-state index contributed by atoms with van der Waals surface area (Å²) in [6.07, 6.45) is 0.420. The zero-order valence-electron chi connectivity index (χ0n) is 10.1. The van der Waals surface area contributed by atoms with Gasteiger partial charge in [-0.25, -0.2) is 18.7 Å². The minimum atomic E-state index is -0.701. The topological polar surface area (TPSA) is 80.5 Å². The molecule has 2 heterocycles. The molecule has 3 aromatic rings. The maximum absolute atomic E-state index is 13.6. The van der Waals surface area contributed by atoms with Crippen molar-refractivity contribution in [3.05, 3.63) is 46.7 Å². The number of nitrogen functional groups attached to an aromatic ring is 1. The quantitative estimate of drug-likeness (QED) is 0.777. The highest BCUT2D eigenvalue weighted by Crippen LogP contribution is 2.20. The van der Waals surface area contributed by atoms with Crippen molar-refractivity contribution in [3.63, 3.8) is 0 Å². The van der Waals surface area contributed by atoms with Gasteiger partial charge in [0.1, 0.15) is 17.5 Å². The minimum absolute atomic E-state index is 0.145. The third-order valence-electron chi connectivity index (χ3n) is 2.62. The van der Waals surface area contributed by atoms with E-state index >= 15 is 0 Å². The highest BCUT2D eigenvalue weighted by Gasteiger charge is 2.12. The lowest BCUT2D eigenvalue weighted by Crippen LogP contribution is -1.92. The second kappa shape index (κ2) is 4.97. The molecule has 5 nitrogen and oxygen atoms in total. The van der Waals surface area contributed by atoms with Gasteiger partial charge in [0.25, 0.3) is 0 Å². The predicted molar refractivity (Wildman–Crippen MR) is 71.1 cm³/mol. The Bertz CT molecular complexity index is 752. The van der Waals surface area contributed by atoms with Gasteiger partial charge in [-0.3, -0.25) is 5.10 Å². The standard InChI is InChI=1S/C12H9F2N5S/c13-6-1-2-8(9(14)3-6)11-17-10(18-19-11)4-7-5-20-12(15)16-7/h1-3,5H,4H2,(H2,15,16)(H,17,18,19). The van der Waals surface area contributed by atoms with Gasteiger partial charge in [0.15, 0.2) is 11.0 Å². The van der Waals surface area contributed by atoms with Crippen LogP contribution in [-0.2, 0) is 6.42 Å². The predicted octanol–water partition coefficient (Wildman–Crippen LogP) is 2.38. The molecule has 1 aromatic carbocycles. The van der Waals surface area contributed by atoms with Crippen LogP contribution in [-0.4, -0.2) is 20.2 Å². The fourth-order valence-corrected chi connectivity index (χ4v) is 2.30. The Morgan fingerprint density at radius 2 is 2.10 bits per heavy atom. The summed E-state index contributed by atoms with van der Waals surface area (Å²) in [5.74, 6) is -0.622. The third-order valence-corrected chi connectivity index (χ3v) is 3.34. The molecule has 0 spiro atoms. The Morgan fingerprint density at radius 1 is 1.25 bits per heavy atom. The minimum Gasteiger partial charge on any atom is -0.375 e. The zero-order valence-corrected chi connectivity index (χ0v) is 10.9. The number of aromatic amines is 1. The van der Waals surface area contributed by atoms with Crippen LogP contribution in [0.1, 0.15) is 11.5 Å². The summed E-state index contributed by atoms with van der Waals surface area (Å²) in [6, 6.07) is 3.26. The molecule has 0 fully saturated rings. The average Bonchev–Trinajstić information content (AvgIpc) is 2.99. The fourth-order valence-electron chi connectivity index (χ4n) is 1.74. The van der Waals surface area contributed by atoms with E-state index in [9.17, 15) is 8.78 Å². The molecule has 2 aromatic heterocycles. The normalized spacial score (nSPS) is 10.9. The summed E-state index contributed by atoms with van der Waals surface area (Å²) < 4.78 is 26.5. The maximum atomic E-state index is 13.6. The molecule has 0 amide bonds. The molecule has 0 aliphatic rings. The second-order valence-electron chi connectivity index (χ2n) is 4.08. The second-order valence-corrected chi connectivity index (χ2v) is 4.97. The summed E-state index contributed by atoms with van der Waals surface area (Å²) in [4.78, 5) is 8.27. The number of halogens is 2. The van der Waals surface area contributed by atoms with Gasteiger partial charge in [-0.05, 0) is 12.1 Å². The van der Waals surface area contributed by atoms with Gasteiger partial charge in [0.2, 0.25) is 0 Å². The lowest BCUT2D eigenvalue weighted by molar-refractivity contribution is 0.585. The number of rotatable bonds is 3. The van der Waals surface area contributed by atoms with Crippen LogP contribution >= 0.6 is 11.3 Å². The Kier molecular flexibility index (Phi) is 3.15. The smallest absolute Gasteiger partial charge is 0.184 e. The third kappa shape index (κ3) is 2.50. The molecular weight excluding hydrogens is 284 g/mol. The number of anilines is 1. The van der Waals surface area contributed by atoms with Gasteiger partial charge in [0, 0.05) is 11.4 Å². The van der Waals surface area contributed by atoms with Gasteiger partial charge in [-0.2, -0.15) is 5.10 Å². The zero-order chi connectivity index (χ0) is 14.1. The first-order chi connectivity index (χ1) is 9.61.